The molecule has 3 aromatic carbocycles. The van der Waals surface area contributed by atoms with E-state index in [9.17, 15) is 0 Å². The van der Waals surface area contributed by atoms with Crippen LogP contribution in [0.5, 0.6) is 0 Å². The first-order valence-corrected chi connectivity index (χ1v) is 9.04. The molecule has 122 valence electrons. The number of nitrogens with zero attached hydrogens (tertiary/aromatic N) is 2. The number of rotatable bonds is 3. The summed E-state index contributed by atoms with van der Waals surface area (Å²) >= 11 is 1.80. The lowest BCUT2D eigenvalue weighted by Gasteiger charge is -2.15. The third-order valence-electron chi connectivity index (χ3n) is 4.16. The van der Waals surface area contributed by atoms with Crippen LogP contribution >= 0.6 is 11.8 Å². The Hall–Kier alpha value is -2.78. The Morgan fingerprint density at radius 1 is 0.880 bits per heavy atom. The van der Waals surface area contributed by atoms with Crippen molar-refractivity contribution in [2.45, 2.75) is 4.90 Å². The highest BCUT2D eigenvalue weighted by atomic mass is 32.2. The molecule has 0 atom stereocenters. The zero-order valence-electron chi connectivity index (χ0n) is 14.0. The van der Waals surface area contributed by atoms with Gasteiger partial charge in [0.1, 0.15) is 0 Å². The number of hydrogen-bond donors (Lipinski definition) is 0. The molecule has 0 spiro atoms. The van der Waals surface area contributed by atoms with Gasteiger partial charge in [0, 0.05) is 23.5 Å². The molecule has 0 saturated carbocycles. The summed E-state index contributed by atoms with van der Waals surface area (Å²) in [4.78, 5) is 7.98. The summed E-state index contributed by atoms with van der Waals surface area (Å²) in [6, 6.07) is 22.9. The van der Waals surface area contributed by atoms with Gasteiger partial charge < -0.3 is 4.90 Å². The molecule has 0 fully saturated rings. The Bertz CT molecular complexity index is 987. The summed E-state index contributed by atoms with van der Waals surface area (Å²) in [7, 11) is 2.13. The Balaban J connectivity index is 1.54. The highest BCUT2D eigenvalue weighted by Gasteiger charge is 2.23. The second kappa shape index (κ2) is 6.99. The summed E-state index contributed by atoms with van der Waals surface area (Å²) in [6.45, 7) is 0. The van der Waals surface area contributed by atoms with E-state index in [1.165, 1.54) is 26.4 Å². The van der Waals surface area contributed by atoms with E-state index in [-0.39, 0.29) is 0 Å². The van der Waals surface area contributed by atoms with E-state index >= 15 is 0 Å². The third kappa shape index (κ3) is 3.24. The van der Waals surface area contributed by atoms with Gasteiger partial charge in [-0.15, -0.1) is 0 Å². The molecular formula is C22H18N2S. The average molecular weight is 342 g/mol. The highest BCUT2D eigenvalue weighted by Crippen LogP contribution is 2.48. The lowest BCUT2D eigenvalue weighted by molar-refractivity contribution is 1.19. The predicted octanol–water partition coefficient (Wildman–Crippen LogP) is 6.18. The molecule has 0 saturated heterocycles. The highest BCUT2D eigenvalue weighted by molar-refractivity contribution is 8.03. The lowest BCUT2D eigenvalue weighted by atomic mass is 10.1. The minimum atomic E-state index is 0.964. The summed E-state index contributed by atoms with van der Waals surface area (Å²) < 4.78 is 0. The Labute approximate surface area is 152 Å². The van der Waals surface area contributed by atoms with Crippen molar-refractivity contribution < 1.29 is 0 Å². The molecule has 0 unspecified atom stereocenters. The number of aliphatic imine (C=N–C) groups is 1. The van der Waals surface area contributed by atoms with Crippen molar-refractivity contribution in [3.05, 3.63) is 90.0 Å². The smallest absolute Gasteiger partial charge is 0.0799 e. The Morgan fingerprint density at radius 2 is 1.68 bits per heavy atom. The van der Waals surface area contributed by atoms with Crippen molar-refractivity contribution >= 4 is 40.1 Å². The van der Waals surface area contributed by atoms with Crippen LogP contribution in [0.1, 0.15) is 0 Å². The maximum atomic E-state index is 4.41. The van der Waals surface area contributed by atoms with Crippen molar-refractivity contribution in [3.8, 4) is 0 Å². The number of fused-ring (bicyclic) bond motifs is 3. The normalized spacial score (nSPS) is 15.7. The number of allylic oxidation sites excluding steroid dienone is 3. The van der Waals surface area contributed by atoms with E-state index in [0.717, 1.165) is 5.69 Å². The molecule has 0 radical (unpaired) electrons. The van der Waals surface area contributed by atoms with Crippen LogP contribution in [0.25, 0.3) is 10.8 Å². The van der Waals surface area contributed by atoms with E-state index in [1.54, 1.807) is 11.8 Å². The Morgan fingerprint density at radius 3 is 2.56 bits per heavy atom. The molecule has 25 heavy (non-hydrogen) atoms. The second-order valence-electron chi connectivity index (χ2n) is 5.80. The minimum Gasteiger partial charge on any atom is -0.338 e. The first-order valence-electron chi connectivity index (χ1n) is 8.22. The van der Waals surface area contributed by atoms with Crippen LogP contribution in [0, 0.1) is 0 Å². The molecule has 0 N–H and O–H groups in total. The first-order chi connectivity index (χ1) is 12.3. The molecule has 0 bridgehead atoms. The van der Waals surface area contributed by atoms with Crippen LogP contribution in [-0.2, 0) is 0 Å². The monoisotopic (exact) mass is 342 g/mol. The van der Waals surface area contributed by atoms with Crippen LogP contribution < -0.4 is 4.90 Å². The number of benzene rings is 3. The number of anilines is 1. The van der Waals surface area contributed by atoms with Crippen LogP contribution in [-0.4, -0.2) is 13.3 Å². The van der Waals surface area contributed by atoms with Gasteiger partial charge in [-0.25, -0.2) is 0 Å². The summed E-state index contributed by atoms with van der Waals surface area (Å²) in [5, 5.41) is 3.80. The summed E-state index contributed by atoms with van der Waals surface area (Å²) in [6.07, 6.45) is 7.97. The van der Waals surface area contributed by atoms with Crippen molar-refractivity contribution in [2.75, 3.05) is 11.9 Å². The van der Waals surface area contributed by atoms with Crippen molar-refractivity contribution in [1.29, 1.82) is 0 Å². The summed E-state index contributed by atoms with van der Waals surface area (Å²) in [5.74, 6) is 0. The molecule has 1 aliphatic rings. The van der Waals surface area contributed by atoms with Gasteiger partial charge in [-0.1, -0.05) is 66.4 Å². The van der Waals surface area contributed by atoms with Crippen LogP contribution in [0.15, 0.2) is 99.9 Å². The van der Waals surface area contributed by atoms with Crippen molar-refractivity contribution in [3.63, 3.8) is 0 Å². The van der Waals surface area contributed by atoms with Gasteiger partial charge in [0.2, 0.25) is 0 Å². The van der Waals surface area contributed by atoms with E-state index in [0.29, 0.717) is 0 Å². The molecule has 1 aliphatic heterocycles. The SMILES string of the molecule is CN1C(=CC=CC=Nc2ccccc2)Sc2ccc3ccccc3c21. The number of hydrogen-bond acceptors (Lipinski definition) is 3. The zero-order valence-corrected chi connectivity index (χ0v) is 14.8. The second-order valence-corrected chi connectivity index (χ2v) is 6.86. The Kier molecular flexibility index (Phi) is 4.40. The average Bonchev–Trinajstić information content (AvgIpc) is 2.99. The minimum absolute atomic E-state index is 0.964. The molecular weight excluding hydrogens is 324 g/mol. The van der Waals surface area contributed by atoms with E-state index in [2.05, 4.69) is 59.4 Å². The first kappa shape index (κ1) is 15.7. The van der Waals surface area contributed by atoms with Crippen LogP contribution in [0.4, 0.5) is 11.4 Å². The molecule has 3 heteroatoms. The molecule has 2 nitrogen and oxygen atoms in total. The van der Waals surface area contributed by atoms with Crippen LogP contribution in [0.2, 0.25) is 0 Å². The fourth-order valence-corrected chi connectivity index (χ4v) is 4.01. The standard InChI is InChI=1S/C22H18N2S/c1-24-21(13-7-8-16-23-18-10-3-2-4-11-18)25-20-15-14-17-9-5-6-12-19(17)22(20)24/h2-16H,1H3. The van der Waals surface area contributed by atoms with Crippen molar-refractivity contribution in [2.24, 2.45) is 4.99 Å². The molecule has 0 amide bonds. The number of thioether (sulfide) groups is 1. The topological polar surface area (TPSA) is 15.6 Å². The molecule has 3 aromatic rings. The third-order valence-corrected chi connectivity index (χ3v) is 5.33. The fourth-order valence-electron chi connectivity index (χ4n) is 2.93. The van der Waals surface area contributed by atoms with Gasteiger partial charge in [-0.05, 0) is 35.7 Å². The van der Waals surface area contributed by atoms with Crippen LogP contribution in [0.3, 0.4) is 0 Å². The quantitative estimate of drug-likeness (QED) is 0.528. The van der Waals surface area contributed by atoms with Crippen molar-refractivity contribution in [1.82, 2.24) is 0 Å². The molecule has 1 heterocycles. The maximum absolute atomic E-state index is 4.41. The maximum Gasteiger partial charge on any atom is 0.0799 e. The zero-order chi connectivity index (χ0) is 17.1. The molecule has 4 rings (SSSR count). The lowest BCUT2D eigenvalue weighted by Crippen LogP contribution is -2.09. The largest absolute Gasteiger partial charge is 0.338 e. The van der Waals surface area contributed by atoms with E-state index in [1.807, 2.05) is 48.7 Å². The van der Waals surface area contributed by atoms with E-state index < -0.39 is 0 Å². The van der Waals surface area contributed by atoms with Gasteiger partial charge in [-0.3, -0.25) is 4.99 Å². The predicted molar refractivity (Wildman–Crippen MR) is 110 cm³/mol. The molecule has 0 aliphatic carbocycles. The van der Waals surface area contributed by atoms with Gasteiger partial charge >= 0.3 is 0 Å². The van der Waals surface area contributed by atoms with Gasteiger partial charge in [-0.2, -0.15) is 0 Å². The number of para-hydroxylation sites is 1. The van der Waals surface area contributed by atoms with Gasteiger partial charge in [0.15, 0.2) is 0 Å². The molecule has 0 aromatic heterocycles. The van der Waals surface area contributed by atoms with E-state index in [4.69, 9.17) is 0 Å². The van der Waals surface area contributed by atoms with Gasteiger partial charge in [0.05, 0.1) is 16.4 Å². The van der Waals surface area contributed by atoms with Gasteiger partial charge in [0.25, 0.3) is 0 Å². The summed E-state index contributed by atoms with van der Waals surface area (Å²) in [5.41, 5.74) is 2.26. The fraction of sp³-hybridized carbons (Fsp3) is 0.0455.